The zero-order chi connectivity index (χ0) is 35.6. The van der Waals surface area contributed by atoms with Crippen molar-refractivity contribution < 1.29 is 27.1 Å². The van der Waals surface area contributed by atoms with E-state index in [-0.39, 0.29) is 44.0 Å². The molecule has 0 unspecified atom stereocenters. The lowest BCUT2D eigenvalue weighted by Crippen LogP contribution is -2.43. The van der Waals surface area contributed by atoms with Gasteiger partial charge in [0.1, 0.15) is 5.60 Å². The number of amides is 1. The molecule has 0 spiro atoms. The SMILES string of the molecule is C=C(C)CO[C@@H]1C[C@@H](n2c(=O)n(C)c3cnc4c(c(Br)c(-c5cn(C)nc5F)n4S(=O)(=O)c4ccccc4)c32)C[C@@H]1NC(=O)OC(C)(C)C. The molecule has 13 nitrogen and oxygen atoms in total. The Kier molecular flexibility index (Phi) is 8.86. The minimum Gasteiger partial charge on any atom is -0.444 e. The topological polar surface area (TPSA) is 144 Å². The number of hydrogen-bond acceptors (Lipinski definition) is 8. The van der Waals surface area contributed by atoms with E-state index in [9.17, 15) is 18.0 Å². The fourth-order valence-electron chi connectivity index (χ4n) is 6.35. The second-order valence-electron chi connectivity index (χ2n) is 13.3. The molecule has 1 amide bonds. The molecule has 1 aliphatic rings. The van der Waals surface area contributed by atoms with E-state index in [4.69, 9.17) is 9.47 Å². The number of alkyl carbamates (subject to hydrolysis) is 1. The van der Waals surface area contributed by atoms with Crippen molar-refractivity contribution in [1.29, 1.82) is 0 Å². The molecule has 0 saturated heterocycles. The van der Waals surface area contributed by atoms with Crippen LogP contribution in [-0.4, -0.2) is 66.7 Å². The van der Waals surface area contributed by atoms with Crippen molar-refractivity contribution in [3.63, 3.8) is 0 Å². The van der Waals surface area contributed by atoms with Gasteiger partial charge in [-0.3, -0.25) is 13.8 Å². The van der Waals surface area contributed by atoms with Crippen LogP contribution in [0.25, 0.3) is 33.3 Å². The highest BCUT2D eigenvalue weighted by molar-refractivity contribution is 9.10. The van der Waals surface area contributed by atoms with Crippen LogP contribution in [0.1, 0.15) is 46.6 Å². The molecular weight excluding hydrogens is 721 g/mol. The maximum absolute atomic E-state index is 15.4. The number of fused-ring (bicyclic) bond motifs is 3. The molecule has 1 aromatic carbocycles. The monoisotopic (exact) mass is 757 g/mol. The predicted molar refractivity (Wildman–Crippen MR) is 185 cm³/mol. The number of nitrogens with zero attached hydrogens (tertiary/aromatic N) is 6. The third kappa shape index (κ3) is 6.21. The standard InChI is InChI=1S/C33H37BrFN7O6S/c1-18(2)17-47-24-14-19(13-22(24)37-31(43)48-33(3,4)5)41-28-23(40(7)32(41)44)15-36-30-25(28)26(34)27(21-16-39(6)38-29(21)35)42(30)49(45,46)20-11-9-8-10-12-20/h8-12,15-16,19,22,24H,1,13-14,17H2,2-7H3,(H,37,43)/t19-,22-,24+/m0/s1. The largest absolute Gasteiger partial charge is 0.444 e. The van der Waals surface area contributed by atoms with Crippen molar-refractivity contribution in [2.45, 2.75) is 69.2 Å². The number of aromatic nitrogens is 6. The Labute approximate surface area is 290 Å². The van der Waals surface area contributed by atoms with Crippen LogP contribution in [0.2, 0.25) is 0 Å². The molecule has 16 heteroatoms. The number of carbonyl (C=O) groups excluding carboxylic acids is 1. The average Bonchev–Trinajstić information content (AvgIpc) is 3.72. The van der Waals surface area contributed by atoms with Gasteiger partial charge in [-0.2, -0.15) is 4.39 Å². The molecule has 0 bridgehead atoms. The third-order valence-electron chi connectivity index (χ3n) is 8.34. The summed E-state index contributed by atoms with van der Waals surface area (Å²) in [6, 6.07) is 6.73. The number of imidazole rings is 1. The summed E-state index contributed by atoms with van der Waals surface area (Å²) in [7, 11) is -1.23. The molecule has 5 aromatic rings. The number of halogens is 2. The van der Waals surface area contributed by atoms with Crippen LogP contribution in [0.5, 0.6) is 0 Å². The van der Waals surface area contributed by atoms with Gasteiger partial charge in [-0.05, 0) is 68.6 Å². The predicted octanol–water partition coefficient (Wildman–Crippen LogP) is 5.42. The van der Waals surface area contributed by atoms with Crippen molar-refractivity contribution in [3.05, 3.63) is 75.8 Å². The molecule has 0 aliphatic heterocycles. The van der Waals surface area contributed by atoms with E-state index in [1.54, 1.807) is 50.6 Å². The molecule has 1 N–H and O–H groups in total. The fourth-order valence-corrected chi connectivity index (χ4v) is 8.73. The Morgan fingerprint density at radius 3 is 2.49 bits per heavy atom. The second-order valence-corrected chi connectivity index (χ2v) is 15.9. The average molecular weight is 759 g/mol. The van der Waals surface area contributed by atoms with Crippen LogP contribution in [0, 0.1) is 5.95 Å². The Hall–Kier alpha value is -4.28. The van der Waals surface area contributed by atoms with Gasteiger partial charge < -0.3 is 14.8 Å². The number of pyridine rings is 1. The number of aryl methyl sites for hydroxylation is 2. The molecule has 1 fully saturated rings. The van der Waals surface area contributed by atoms with E-state index >= 15 is 4.39 Å². The van der Waals surface area contributed by atoms with Crippen LogP contribution in [-0.2, 0) is 33.6 Å². The molecule has 6 rings (SSSR count). The number of rotatable bonds is 8. The normalized spacial score (nSPS) is 18.4. The van der Waals surface area contributed by atoms with Crippen molar-refractivity contribution in [2.24, 2.45) is 14.1 Å². The minimum atomic E-state index is -4.36. The van der Waals surface area contributed by atoms with Crippen molar-refractivity contribution in [1.82, 2.24) is 33.2 Å². The first kappa shape index (κ1) is 34.6. The second kappa shape index (κ2) is 12.6. The van der Waals surface area contributed by atoms with Gasteiger partial charge in [0.15, 0.2) is 5.65 Å². The highest BCUT2D eigenvalue weighted by Crippen LogP contribution is 2.44. The molecule has 1 aliphatic carbocycles. The molecule has 260 valence electrons. The number of ether oxygens (including phenoxy) is 2. The van der Waals surface area contributed by atoms with E-state index in [1.165, 1.54) is 40.8 Å². The number of benzene rings is 1. The Bertz CT molecular complexity index is 2280. The van der Waals surface area contributed by atoms with E-state index < -0.39 is 45.9 Å². The van der Waals surface area contributed by atoms with Gasteiger partial charge in [-0.25, -0.2) is 27.0 Å². The lowest BCUT2D eigenvalue weighted by molar-refractivity contribution is 0.0308. The summed E-state index contributed by atoms with van der Waals surface area (Å²) in [6.45, 7) is 11.3. The lowest BCUT2D eigenvalue weighted by atomic mass is 10.2. The molecule has 3 atom stereocenters. The van der Waals surface area contributed by atoms with Gasteiger partial charge in [-0.15, -0.1) is 5.10 Å². The molecule has 4 aromatic heterocycles. The highest BCUT2D eigenvalue weighted by Gasteiger charge is 2.41. The number of nitrogens with one attached hydrogen (secondary N) is 1. The Morgan fingerprint density at radius 2 is 1.88 bits per heavy atom. The molecule has 4 heterocycles. The molecule has 1 saturated carbocycles. The summed E-state index contributed by atoms with van der Waals surface area (Å²) in [5.74, 6) is -0.887. The van der Waals surface area contributed by atoms with Crippen LogP contribution in [0.15, 0.2) is 69.0 Å². The van der Waals surface area contributed by atoms with Gasteiger partial charge in [0.05, 0.1) is 62.0 Å². The lowest BCUT2D eigenvalue weighted by Gasteiger charge is -2.24. The molecule has 0 radical (unpaired) electrons. The first-order chi connectivity index (χ1) is 23.0. The van der Waals surface area contributed by atoms with Gasteiger partial charge >= 0.3 is 11.8 Å². The Morgan fingerprint density at radius 1 is 1.18 bits per heavy atom. The summed E-state index contributed by atoms with van der Waals surface area (Å²) in [5.41, 5.74) is 0.350. The summed E-state index contributed by atoms with van der Waals surface area (Å²) in [5, 5.41) is 7.03. The van der Waals surface area contributed by atoms with Gasteiger partial charge in [0.25, 0.3) is 10.0 Å². The summed E-state index contributed by atoms with van der Waals surface area (Å²) in [4.78, 5) is 31.5. The van der Waals surface area contributed by atoms with E-state index in [2.05, 4.69) is 37.9 Å². The summed E-state index contributed by atoms with van der Waals surface area (Å²) >= 11 is 3.61. The summed E-state index contributed by atoms with van der Waals surface area (Å²) in [6.07, 6.45) is 2.33. The van der Waals surface area contributed by atoms with Crippen molar-refractivity contribution in [2.75, 3.05) is 6.61 Å². The molecule has 49 heavy (non-hydrogen) atoms. The smallest absolute Gasteiger partial charge is 0.407 e. The first-order valence-electron chi connectivity index (χ1n) is 15.5. The number of hydrogen-bond donors (Lipinski definition) is 1. The van der Waals surface area contributed by atoms with Crippen LogP contribution < -0.4 is 11.0 Å². The minimum absolute atomic E-state index is 0.0164. The van der Waals surface area contributed by atoms with Crippen molar-refractivity contribution >= 4 is 54.1 Å². The van der Waals surface area contributed by atoms with Gasteiger partial charge in [0.2, 0.25) is 5.95 Å². The first-order valence-corrected chi connectivity index (χ1v) is 17.8. The third-order valence-corrected chi connectivity index (χ3v) is 10.8. The zero-order valence-electron chi connectivity index (χ0n) is 27.9. The molecular formula is C33H37BrFN7O6S. The number of carbonyl (C=O) groups is 1. The summed E-state index contributed by atoms with van der Waals surface area (Å²) < 4.78 is 61.2. The fraction of sp³-hybridized carbons (Fsp3) is 0.394. The Balaban J connectivity index is 1.59. The van der Waals surface area contributed by atoms with E-state index in [0.29, 0.717) is 23.9 Å². The van der Waals surface area contributed by atoms with Gasteiger partial charge in [0, 0.05) is 26.3 Å². The quantitative estimate of drug-likeness (QED) is 0.207. The zero-order valence-corrected chi connectivity index (χ0v) is 30.3. The van der Waals surface area contributed by atoms with E-state index in [1.807, 2.05) is 6.92 Å². The van der Waals surface area contributed by atoms with Crippen LogP contribution in [0.3, 0.4) is 0 Å². The van der Waals surface area contributed by atoms with Crippen LogP contribution >= 0.6 is 15.9 Å². The van der Waals surface area contributed by atoms with Gasteiger partial charge in [-0.1, -0.05) is 30.4 Å². The van der Waals surface area contributed by atoms with E-state index in [0.717, 1.165) is 9.55 Å². The highest BCUT2D eigenvalue weighted by atomic mass is 79.9. The maximum atomic E-state index is 15.4. The maximum Gasteiger partial charge on any atom is 0.407 e. The van der Waals surface area contributed by atoms with Crippen molar-refractivity contribution in [3.8, 4) is 11.3 Å². The van der Waals surface area contributed by atoms with Crippen LogP contribution in [0.4, 0.5) is 9.18 Å².